The lowest BCUT2D eigenvalue weighted by atomic mass is 10.4. The predicted octanol–water partition coefficient (Wildman–Crippen LogP) is 2.29. The summed E-state index contributed by atoms with van der Waals surface area (Å²) >= 11 is 3.06. The van der Waals surface area contributed by atoms with E-state index in [4.69, 9.17) is 0 Å². The van der Waals surface area contributed by atoms with Crippen molar-refractivity contribution in [3.05, 3.63) is 28.2 Å². The Hall–Kier alpha value is -0.440. The van der Waals surface area contributed by atoms with Crippen LogP contribution in [0.2, 0.25) is 0 Å². The molecule has 0 aliphatic carbocycles. The second-order valence-corrected chi connectivity index (χ2v) is 2.56. The van der Waals surface area contributed by atoms with E-state index in [2.05, 4.69) is 20.9 Å². The third-order valence-corrected chi connectivity index (χ3v) is 1.29. The van der Waals surface area contributed by atoms with Crippen molar-refractivity contribution in [1.29, 1.82) is 0 Å². The zero-order valence-corrected chi connectivity index (χ0v) is 6.44. The van der Waals surface area contributed by atoms with Crippen LogP contribution in [0.4, 0.5) is 4.39 Å². The van der Waals surface area contributed by atoms with Crippen molar-refractivity contribution in [3.8, 4) is 0 Å². The van der Waals surface area contributed by atoms with E-state index in [9.17, 15) is 4.39 Å². The van der Waals surface area contributed by atoms with Crippen molar-refractivity contribution >= 4 is 15.9 Å². The van der Waals surface area contributed by atoms with Gasteiger partial charge in [-0.2, -0.15) is 0 Å². The minimum absolute atomic E-state index is 0.255. The molecule has 0 aliphatic rings. The van der Waals surface area contributed by atoms with E-state index in [1.807, 2.05) is 0 Å². The van der Waals surface area contributed by atoms with Gasteiger partial charge in [-0.1, -0.05) is 0 Å². The van der Waals surface area contributed by atoms with Crippen molar-refractivity contribution in [3.63, 3.8) is 0 Å². The van der Waals surface area contributed by atoms with Crippen LogP contribution in [0.15, 0.2) is 16.7 Å². The second-order valence-electron chi connectivity index (χ2n) is 1.75. The van der Waals surface area contributed by atoms with Gasteiger partial charge in [0.25, 0.3) is 0 Å². The predicted molar refractivity (Wildman–Crippen MR) is 36.6 cm³/mol. The average molecular weight is 190 g/mol. The van der Waals surface area contributed by atoms with Crippen molar-refractivity contribution in [2.75, 3.05) is 0 Å². The lowest BCUT2D eigenvalue weighted by Gasteiger charge is -1.92. The van der Waals surface area contributed by atoms with Gasteiger partial charge < -0.3 is 0 Å². The van der Waals surface area contributed by atoms with Crippen molar-refractivity contribution < 1.29 is 4.39 Å². The molecule has 0 amide bonds. The summed E-state index contributed by atoms with van der Waals surface area (Å²) in [5.74, 6) is -0.255. The van der Waals surface area contributed by atoms with Crippen LogP contribution >= 0.6 is 15.9 Å². The van der Waals surface area contributed by atoms with Gasteiger partial charge in [-0.25, -0.2) is 9.37 Å². The first-order valence-electron chi connectivity index (χ1n) is 2.48. The molecule has 1 heterocycles. The van der Waals surface area contributed by atoms with E-state index in [0.29, 0.717) is 10.3 Å². The molecule has 48 valence electrons. The first-order chi connectivity index (χ1) is 4.18. The first-order valence-corrected chi connectivity index (χ1v) is 3.27. The Kier molecular flexibility index (Phi) is 1.81. The molecular weight excluding hydrogens is 185 g/mol. The number of hydrogen-bond acceptors (Lipinski definition) is 1. The maximum Gasteiger partial charge on any atom is 0.127 e. The van der Waals surface area contributed by atoms with Crippen LogP contribution < -0.4 is 0 Å². The molecule has 0 bridgehead atoms. The van der Waals surface area contributed by atoms with Crippen LogP contribution in [0, 0.1) is 12.7 Å². The summed E-state index contributed by atoms with van der Waals surface area (Å²) in [4.78, 5) is 3.91. The summed E-state index contributed by atoms with van der Waals surface area (Å²) in [7, 11) is 0. The molecule has 1 nitrogen and oxygen atoms in total. The van der Waals surface area contributed by atoms with Crippen LogP contribution in [0.5, 0.6) is 0 Å². The number of halogens is 2. The number of nitrogens with zero attached hydrogens (tertiary/aromatic N) is 1. The SMILES string of the molecule is Cc1cc(F)cc(Br)n1. The summed E-state index contributed by atoms with van der Waals surface area (Å²) in [6.45, 7) is 1.74. The average Bonchev–Trinajstić information content (AvgIpc) is 1.59. The zero-order valence-electron chi connectivity index (χ0n) is 4.86. The van der Waals surface area contributed by atoms with E-state index in [0.717, 1.165) is 0 Å². The molecule has 1 rings (SSSR count). The molecule has 0 unspecified atom stereocenters. The van der Waals surface area contributed by atoms with Crippen LogP contribution in [0.25, 0.3) is 0 Å². The Balaban J connectivity index is 3.17. The third-order valence-electron chi connectivity index (χ3n) is 0.887. The van der Waals surface area contributed by atoms with Gasteiger partial charge in [-0.05, 0) is 28.9 Å². The highest BCUT2D eigenvalue weighted by Crippen LogP contribution is 2.08. The van der Waals surface area contributed by atoms with Gasteiger partial charge in [0.05, 0.1) is 0 Å². The molecule has 0 radical (unpaired) electrons. The maximum atomic E-state index is 12.4. The molecule has 0 aromatic carbocycles. The summed E-state index contributed by atoms with van der Waals surface area (Å²) < 4.78 is 12.9. The smallest absolute Gasteiger partial charge is 0.127 e. The van der Waals surface area contributed by atoms with Gasteiger partial charge in [-0.15, -0.1) is 0 Å². The lowest BCUT2D eigenvalue weighted by Crippen LogP contribution is -1.83. The van der Waals surface area contributed by atoms with Crippen molar-refractivity contribution in [2.45, 2.75) is 6.92 Å². The fraction of sp³-hybridized carbons (Fsp3) is 0.167. The number of pyridine rings is 1. The van der Waals surface area contributed by atoms with E-state index in [-0.39, 0.29) is 5.82 Å². The zero-order chi connectivity index (χ0) is 6.85. The molecule has 0 N–H and O–H groups in total. The standard InChI is InChI=1S/C6H5BrFN/c1-4-2-5(8)3-6(7)9-4/h2-3H,1H3. The summed E-state index contributed by atoms with van der Waals surface area (Å²) in [6.07, 6.45) is 0. The van der Waals surface area contributed by atoms with Gasteiger partial charge in [0.15, 0.2) is 0 Å². The van der Waals surface area contributed by atoms with Crippen molar-refractivity contribution in [2.24, 2.45) is 0 Å². The number of aryl methyl sites for hydroxylation is 1. The number of aromatic nitrogens is 1. The summed E-state index contributed by atoms with van der Waals surface area (Å²) in [5.41, 5.74) is 0.682. The van der Waals surface area contributed by atoms with Gasteiger partial charge in [0.1, 0.15) is 10.4 Å². The molecule has 0 atom stereocenters. The van der Waals surface area contributed by atoms with E-state index in [1.165, 1.54) is 12.1 Å². The summed E-state index contributed by atoms with van der Waals surface area (Å²) in [5, 5.41) is 0. The minimum atomic E-state index is -0.255. The Labute approximate surface area is 61.0 Å². The second kappa shape index (κ2) is 2.43. The fourth-order valence-electron chi connectivity index (χ4n) is 0.588. The van der Waals surface area contributed by atoms with Gasteiger partial charge in [-0.3, -0.25) is 0 Å². The van der Waals surface area contributed by atoms with E-state index < -0.39 is 0 Å². The molecule has 0 saturated heterocycles. The molecule has 0 fully saturated rings. The molecule has 9 heavy (non-hydrogen) atoms. The number of rotatable bonds is 0. The normalized spacial score (nSPS) is 9.67. The van der Waals surface area contributed by atoms with Gasteiger partial charge >= 0.3 is 0 Å². The maximum absolute atomic E-state index is 12.4. The first kappa shape index (κ1) is 6.68. The molecule has 3 heteroatoms. The monoisotopic (exact) mass is 189 g/mol. The third kappa shape index (κ3) is 1.75. The molecule has 1 aromatic rings. The molecule has 0 saturated carbocycles. The quantitative estimate of drug-likeness (QED) is 0.572. The van der Waals surface area contributed by atoms with Crippen LogP contribution in [0.1, 0.15) is 5.69 Å². The fourth-order valence-corrected chi connectivity index (χ4v) is 1.09. The van der Waals surface area contributed by atoms with Gasteiger partial charge in [0, 0.05) is 11.8 Å². The van der Waals surface area contributed by atoms with Crippen LogP contribution in [0.3, 0.4) is 0 Å². The van der Waals surface area contributed by atoms with Crippen LogP contribution in [-0.2, 0) is 0 Å². The number of hydrogen-bond donors (Lipinski definition) is 0. The Morgan fingerprint density at radius 1 is 1.56 bits per heavy atom. The molecular formula is C6H5BrFN. The van der Waals surface area contributed by atoms with Crippen molar-refractivity contribution in [1.82, 2.24) is 4.98 Å². The molecule has 1 aromatic heterocycles. The Bertz CT molecular complexity index is 174. The van der Waals surface area contributed by atoms with Gasteiger partial charge in [0.2, 0.25) is 0 Å². The minimum Gasteiger partial charge on any atom is -0.246 e. The highest BCUT2D eigenvalue weighted by atomic mass is 79.9. The summed E-state index contributed by atoms with van der Waals surface area (Å²) in [6, 6.07) is 2.71. The van der Waals surface area contributed by atoms with E-state index >= 15 is 0 Å². The molecule has 0 spiro atoms. The van der Waals surface area contributed by atoms with Crippen LogP contribution in [-0.4, -0.2) is 4.98 Å². The largest absolute Gasteiger partial charge is 0.246 e. The lowest BCUT2D eigenvalue weighted by molar-refractivity contribution is 0.622. The molecule has 0 aliphatic heterocycles. The van der Waals surface area contributed by atoms with E-state index in [1.54, 1.807) is 6.92 Å². The Morgan fingerprint density at radius 2 is 2.22 bits per heavy atom. The Morgan fingerprint density at radius 3 is 2.67 bits per heavy atom. The highest BCUT2D eigenvalue weighted by Gasteiger charge is 1.93. The topological polar surface area (TPSA) is 12.9 Å². The highest BCUT2D eigenvalue weighted by molar-refractivity contribution is 9.10.